The molecule has 0 saturated heterocycles. The van der Waals surface area contributed by atoms with Gasteiger partial charge in [-0.1, -0.05) is 115 Å². The number of aromatic nitrogens is 4. The predicted molar refractivity (Wildman–Crippen MR) is 492 cm³/mol. The molecule has 0 radical (unpaired) electrons. The number of carbonyl (C=O) groups is 7. The van der Waals surface area contributed by atoms with Gasteiger partial charge < -0.3 is 84.9 Å². The maximum absolute atomic E-state index is 12.9. The monoisotopic (exact) mass is 1680 g/mol. The number of anilines is 9. The molecule has 0 aliphatic carbocycles. The summed E-state index contributed by atoms with van der Waals surface area (Å²) < 4.78 is 35.2. The van der Waals surface area contributed by atoms with Crippen LogP contribution in [0.1, 0.15) is 95.1 Å². The topological polar surface area (TPSA) is 305 Å². The van der Waals surface area contributed by atoms with Crippen LogP contribution >= 0.6 is 11.6 Å². The second-order valence-electron chi connectivity index (χ2n) is 31.2. The first kappa shape index (κ1) is 84.2. The molecule has 14 aromatic rings. The van der Waals surface area contributed by atoms with Crippen LogP contribution in [0.2, 0.25) is 5.02 Å². The Kier molecular flexibility index (Phi) is 25.1. The van der Waals surface area contributed by atoms with E-state index in [2.05, 4.69) is 97.0 Å². The molecule has 10 aromatic carbocycles. The Hall–Kier alpha value is -14.9. The maximum atomic E-state index is 12.9. The minimum Gasteiger partial charge on any atom is -0.497 e. The van der Waals surface area contributed by atoms with Crippen LogP contribution in [-0.4, -0.2) is 97.5 Å². The van der Waals surface area contributed by atoms with Crippen molar-refractivity contribution in [2.45, 2.75) is 104 Å². The summed E-state index contributed by atoms with van der Waals surface area (Å²) in [6.07, 6.45) is 10.4. The number of nitrogens with one attached hydrogen (secondary N) is 9. The van der Waals surface area contributed by atoms with Crippen LogP contribution in [0.3, 0.4) is 0 Å². The second kappa shape index (κ2) is 37.0. The van der Waals surface area contributed by atoms with E-state index in [1.807, 2.05) is 232 Å². The van der Waals surface area contributed by atoms with E-state index >= 15 is 0 Å². The zero-order valence-corrected chi connectivity index (χ0v) is 70.8. The van der Waals surface area contributed by atoms with Gasteiger partial charge in [0.25, 0.3) is 5.91 Å². The van der Waals surface area contributed by atoms with Crippen molar-refractivity contribution in [3.8, 4) is 68.0 Å². The number of ether oxygens (including phenoxy) is 4. The molecular formula is C98H94ClN13O12. The van der Waals surface area contributed by atoms with E-state index in [4.69, 9.17) is 35.0 Å². The van der Waals surface area contributed by atoms with E-state index < -0.39 is 0 Å². The van der Waals surface area contributed by atoms with Crippen LogP contribution in [0.4, 0.5) is 51.2 Å². The third-order valence-corrected chi connectivity index (χ3v) is 21.7. The highest BCUT2D eigenvalue weighted by Gasteiger charge is 2.30. The fourth-order valence-corrected chi connectivity index (χ4v) is 16.0. The van der Waals surface area contributed by atoms with E-state index in [-0.39, 0.29) is 71.7 Å². The van der Waals surface area contributed by atoms with Gasteiger partial charge in [-0.25, -0.2) is 4.98 Å². The van der Waals surface area contributed by atoms with Gasteiger partial charge in [0.1, 0.15) is 24.1 Å². The number of nitrogens with zero attached hydrogens (tertiary/aromatic N) is 4. The quantitative estimate of drug-likeness (QED) is 0.0575. The third kappa shape index (κ3) is 19.3. The Morgan fingerprint density at radius 3 is 1.62 bits per heavy atom. The highest BCUT2D eigenvalue weighted by atomic mass is 35.5. The standard InChI is InChI=1S/C20H18N4O3.C20H21N3O2.C20H20N2O3.C19H17ClN2O2.C19H18N2O2/c1-12-8-18(25)24-16-7-3-6-15(19(16)22-12)20(26)23-14-5-2-4-13(9-14)17-10-21-11-27-17;1-13-11-19(25)23-18-8-4-6-16(20(18)21-13)10-9-15-5-3-7-17(12-15)22-14(2)24;1-12-9-19(23)21-16-6-4-5-15(20(16)25-12)18-11-13-10-14(24-3)7-8-17(13)22(18)2;1-11-8-18(23)21-15-5-3-4-14(19(15)24-11)17-9-12-6-7-13(20)10-16(12)22(17)2;1-12-10-18(22)20-16-8-5-7-14(19(16)23-12)15-11-21(2)17-9-4-3-6-13(15)17/h2-7,9-12,22H,8H2,1H3,(H,23,26)(H,24,25);3-10,12-13,21H,11H2,1-2H3,(H,22,24)(H,23,25);4-8,10-12H,9H2,1-3H3,(H,21,23);3-7,9-11H,8H2,1-2H3,(H,21,23);3-9,11-12H,10H2,1-2H3,(H,20,22)/b;10-9+;;;/t12-;13-;12-;11-;12-/m11111/s1. The molecular weight excluding hydrogens is 1590 g/mol. The van der Waals surface area contributed by atoms with Crippen LogP contribution in [0, 0.1) is 0 Å². The number of carbonyl (C=O) groups excluding carboxylic acids is 7. The van der Waals surface area contributed by atoms with Gasteiger partial charge in [-0.15, -0.1) is 0 Å². The first-order valence-electron chi connectivity index (χ1n) is 40.8. The lowest BCUT2D eigenvalue weighted by molar-refractivity contribution is -0.118. The lowest BCUT2D eigenvalue weighted by Crippen LogP contribution is -2.20. The summed E-state index contributed by atoms with van der Waals surface area (Å²) in [7, 11) is 7.74. The molecule has 7 amide bonds. The summed E-state index contributed by atoms with van der Waals surface area (Å²) in [4.78, 5) is 87.6. The van der Waals surface area contributed by atoms with Gasteiger partial charge in [-0.3, -0.25) is 33.6 Å². The molecule has 5 atom stereocenters. The first-order valence-corrected chi connectivity index (χ1v) is 41.2. The number of aryl methyl sites for hydroxylation is 3. The van der Waals surface area contributed by atoms with Crippen LogP contribution in [-0.2, 0) is 49.9 Å². The molecule has 0 saturated carbocycles. The van der Waals surface area contributed by atoms with E-state index in [0.29, 0.717) is 76.9 Å². The van der Waals surface area contributed by atoms with Crippen molar-refractivity contribution in [2.24, 2.45) is 21.1 Å². The zero-order valence-electron chi connectivity index (χ0n) is 70.1. The van der Waals surface area contributed by atoms with Crippen LogP contribution in [0.5, 0.6) is 23.0 Å². The van der Waals surface area contributed by atoms with Gasteiger partial charge in [0.05, 0.1) is 89.3 Å². The smallest absolute Gasteiger partial charge is 0.257 e. The average Bonchev–Trinajstić information content (AvgIpc) is 1.63. The Balaban J connectivity index is 0.000000120. The van der Waals surface area contributed by atoms with Crippen molar-refractivity contribution in [1.29, 1.82) is 0 Å². The molecule has 0 fully saturated rings. The fraction of sp³-hybridized carbons (Fsp3) is 0.204. The summed E-state index contributed by atoms with van der Waals surface area (Å²) >= 11 is 6.13. The maximum Gasteiger partial charge on any atom is 0.257 e. The first-order chi connectivity index (χ1) is 59.8. The van der Waals surface area contributed by atoms with Crippen molar-refractivity contribution in [3.05, 3.63) is 253 Å². The van der Waals surface area contributed by atoms with Crippen LogP contribution < -0.4 is 66.8 Å². The highest BCUT2D eigenvalue weighted by molar-refractivity contribution is 6.31. The Labute approximate surface area is 721 Å². The van der Waals surface area contributed by atoms with Crippen molar-refractivity contribution in [1.82, 2.24) is 18.7 Å². The summed E-state index contributed by atoms with van der Waals surface area (Å²) in [6, 6.07) is 68.0. The predicted octanol–water partition coefficient (Wildman–Crippen LogP) is 20.2. The summed E-state index contributed by atoms with van der Waals surface area (Å²) in [6.45, 7) is 11.1. The minimum atomic E-state index is -0.266. The van der Waals surface area contributed by atoms with Crippen LogP contribution in [0.15, 0.2) is 236 Å². The number of benzene rings is 10. The number of oxazole rings is 1. The van der Waals surface area contributed by atoms with Crippen molar-refractivity contribution in [2.75, 3.05) is 55.0 Å². The van der Waals surface area contributed by atoms with Gasteiger partial charge in [-0.05, 0) is 167 Å². The number of methoxy groups -OCH3 is 1. The van der Waals surface area contributed by atoms with E-state index in [0.717, 1.165) is 118 Å². The average molecular weight is 1680 g/mol. The van der Waals surface area contributed by atoms with E-state index in [9.17, 15) is 33.6 Å². The molecule has 9 N–H and O–H groups in total. The number of amides is 7. The molecule has 630 valence electrons. The minimum absolute atomic E-state index is 0.00804. The number of fused-ring (bicyclic) bond motifs is 8. The number of halogens is 1. The van der Waals surface area contributed by atoms with Gasteiger partial charge in [0.15, 0.2) is 29.4 Å². The number of rotatable bonds is 10. The Bertz CT molecular complexity index is 6480. The summed E-state index contributed by atoms with van der Waals surface area (Å²) in [5, 5.41) is 31.0. The Morgan fingerprint density at radius 1 is 0.484 bits per heavy atom. The molecule has 19 rings (SSSR count). The molecule has 5 aliphatic heterocycles. The van der Waals surface area contributed by atoms with Crippen molar-refractivity contribution >= 4 is 149 Å². The van der Waals surface area contributed by atoms with Crippen molar-refractivity contribution < 1.29 is 56.9 Å². The number of hydrogen-bond acceptors (Lipinski definition) is 15. The largest absolute Gasteiger partial charge is 0.497 e. The second-order valence-corrected chi connectivity index (χ2v) is 31.6. The SMILES string of the molecule is CC(=O)Nc1cccc(/C=C/c2cccc3c2N[C@H](C)CC(=O)N3)c1.COc1ccc2c(c1)cc(-c1cccc3c1O[C@H](C)CC(=O)N3)n2C.C[C@@H]1CC(=O)Nc2cccc(-c3cc4ccc(Cl)cc4n3C)c2O1.C[C@@H]1CC(=O)Nc2cccc(-c3cn(C)c4ccccc34)c2O1.C[C@@H]1CC(=O)Nc2cccc(C(=O)Nc3cccc(-c4cnco4)c3)c2N1. The summed E-state index contributed by atoms with van der Waals surface area (Å²) in [5.41, 5.74) is 19.2. The summed E-state index contributed by atoms with van der Waals surface area (Å²) in [5.74, 6) is 3.16. The molecule has 5 aliphatic rings. The molecule has 124 heavy (non-hydrogen) atoms. The van der Waals surface area contributed by atoms with Gasteiger partial charge in [0, 0.05) is 136 Å². The highest BCUT2D eigenvalue weighted by Crippen LogP contribution is 2.46. The molecule has 9 heterocycles. The molecule has 0 unspecified atom stereocenters. The molecule has 0 spiro atoms. The van der Waals surface area contributed by atoms with E-state index in [1.165, 1.54) is 24.2 Å². The van der Waals surface area contributed by atoms with Crippen molar-refractivity contribution in [3.63, 3.8) is 0 Å². The lowest BCUT2D eigenvalue weighted by Gasteiger charge is -2.16. The lowest BCUT2D eigenvalue weighted by atomic mass is 10.0. The normalized spacial score (nSPS) is 16.7. The van der Waals surface area contributed by atoms with Gasteiger partial charge >= 0.3 is 0 Å². The Morgan fingerprint density at radius 2 is 1.01 bits per heavy atom. The van der Waals surface area contributed by atoms with Crippen LogP contribution in [0.25, 0.3) is 89.8 Å². The van der Waals surface area contributed by atoms with Gasteiger partial charge in [0.2, 0.25) is 35.4 Å². The number of para-hydroxylation sites is 6. The molecule has 0 bridgehead atoms. The van der Waals surface area contributed by atoms with E-state index in [1.54, 1.807) is 37.6 Å². The molecule has 25 nitrogen and oxygen atoms in total. The molecule has 26 heteroatoms. The fourth-order valence-electron chi connectivity index (χ4n) is 15.8. The third-order valence-electron chi connectivity index (χ3n) is 21.5. The molecule has 4 aromatic heterocycles. The zero-order chi connectivity index (χ0) is 87.0. The number of hydrogen-bond donors (Lipinski definition) is 9. The van der Waals surface area contributed by atoms with Gasteiger partial charge in [-0.2, -0.15) is 0 Å².